The fourth-order valence-electron chi connectivity index (χ4n) is 1.54. The van der Waals surface area contributed by atoms with Crippen molar-refractivity contribution in [3.05, 3.63) is 46.0 Å². The van der Waals surface area contributed by atoms with Gasteiger partial charge < -0.3 is 5.32 Å². The summed E-state index contributed by atoms with van der Waals surface area (Å²) in [6.07, 6.45) is 0. The lowest BCUT2D eigenvalue weighted by molar-refractivity contribution is 0.750. The van der Waals surface area contributed by atoms with E-state index in [0.717, 1.165) is 6.54 Å². The number of halogens is 1. The van der Waals surface area contributed by atoms with Crippen LogP contribution >= 0.6 is 11.6 Å². The van der Waals surface area contributed by atoms with Gasteiger partial charge in [0.1, 0.15) is 0 Å². The van der Waals surface area contributed by atoms with Gasteiger partial charge in [-0.1, -0.05) is 30.3 Å². The largest absolute Gasteiger partial charge is 0.308 e. The predicted molar refractivity (Wildman–Crippen MR) is 67.4 cm³/mol. The normalized spacial score (nSPS) is 10.4. The molecule has 1 N–H and O–H groups in total. The maximum Gasteiger partial charge on any atom is 0.0310 e. The Bertz CT molecular complexity index is 369. The van der Waals surface area contributed by atoms with Crippen LogP contribution in [0.1, 0.15) is 22.3 Å². The van der Waals surface area contributed by atoms with E-state index in [2.05, 4.69) is 44.8 Å². The Morgan fingerprint density at radius 3 is 2.40 bits per heavy atom. The van der Waals surface area contributed by atoms with Crippen molar-refractivity contribution in [1.82, 2.24) is 5.32 Å². The Hall–Kier alpha value is -0.790. The molecule has 1 aromatic carbocycles. The molecule has 2 heteroatoms. The fraction of sp³-hybridized carbons (Fsp3) is 0.385. The molecule has 0 aliphatic carbocycles. The molecule has 0 unspecified atom stereocenters. The number of hydrogen-bond donors (Lipinski definition) is 1. The highest BCUT2D eigenvalue weighted by Gasteiger charge is 2.01. The molecular weight excluding hydrogens is 206 g/mol. The first-order valence-corrected chi connectivity index (χ1v) is 5.49. The minimum Gasteiger partial charge on any atom is -0.308 e. The molecule has 0 bridgehead atoms. The first-order chi connectivity index (χ1) is 7.00. The summed E-state index contributed by atoms with van der Waals surface area (Å²) in [4.78, 5) is 0. The molecule has 1 nitrogen and oxygen atoms in total. The van der Waals surface area contributed by atoms with Crippen LogP contribution < -0.4 is 5.32 Å². The third kappa shape index (κ3) is 3.69. The van der Waals surface area contributed by atoms with Crippen molar-refractivity contribution < 1.29 is 0 Å². The van der Waals surface area contributed by atoms with E-state index in [4.69, 9.17) is 11.6 Å². The molecule has 82 valence electrons. The molecule has 0 aliphatic rings. The highest BCUT2D eigenvalue weighted by molar-refractivity contribution is 6.29. The van der Waals surface area contributed by atoms with Crippen molar-refractivity contribution in [2.75, 3.05) is 6.54 Å². The summed E-state index contributed by atoms with van der Waals surface area (Å²) in [6.45, 7) is 11.6. The number of hydrogen-bond acceptors (Lipinski definition) is 1. The van der Waals surface area contributed by atoms with Crippen LogP contribution in [0.5, 0.6) is 0 Å². The zero-order chi connectivity index (χ0) is 11.4. The Labute approximate surface area is 97.1 Å². The van der Waals surface area contributed by atoms with Crippen molar-refractivity contribution in [3.8, 4) is 0 Å². The second-order valence-corrected chi connectivity index (χ2v) is 4.52. The molecule has 1 aromatic rings. The van der Waals surface area contributed by atoms with Gasteiger partial charge in [-0.25, -0.2) is 0 Å². The maximum absolute atomic E-state index is 5.68. The number of nitrogens with one attached hydrogen (secondary N) is 1. The van der Waals surface area contributed by atoms with Crippen LogP contribution in [0.4, 0.5) is 0 Å². The predicted octanol–water partition coefficient (Wildman–Crippen LogP) is 3.45. The molecule has 0 radical (unpaired) electrons. The summed E-state index contributed by atoms with van der Waals surface area (Å²) in [6, 6.07) is 4.45. The van der Waals surface area contributed by atoms with Gasteiger partial charge in [-0.05, 0) is 43.0 Å². The minimum atomic E-state index is 0.650. The van der Waals surface area contributed by atoms with Crippen LogP contribution in [0.3, 0.4) is 0 Å². The maximum atomic E-state index is 5.68. The molecule has 0 amide bonds. The second-order valence-electron chi connectivity index (χ2n) is 3.98. The standard InChI is InChI=1S/C13H18ClN/c1-9-5-11(3)13(6-10(9)2)8-15-7-12(4)14/h5-6,15H,4,7-8H2,1-3H3. The Morgan fingerprint density at radius 1 is 1.20 bits per heavy atom. The molecule has 0 fully saturated rings. The highest BCUT2D eigenvalue weighted by Crippen LogP contribution is 2.15. The minimum absolute atomic E-state index is 0.650. The van der Waals surface area contributed by atoms with Crippen LogP contribution in [0.15, 0.2) is 23.7 Å². The second kappa shape index (κ2) is 5.34. The molecule has 0 heterocycles. The zero-order valence-electron chi connectivity index (χ0n) is 9.65. The topological polar surface area (TPSA) is 12.0 Å². The van der Waals surface area contributed by atoms with E-state index in [0.29, 0.717) is 11.6 Å². The molecule has 1 rings (SSSR count). The van der Waals surface area contributed by atoms with Crippen molar-refractivity contribution in [1.29, 1.82) is 0 Å². The van der Waals surface area contributed by atoms with Crippen LogP contribution in [0, 0.1) is 20.8 Å². The summed E-state index contributed by atoms with van der Waals surface area (Å²) in [5.41, 5.74) is 5.34. The fourth-order valence-corrected chi connectivity index (χ4v) is 1.64. The van der Waals surface area contributed by atoms with Gasteiger partial charge >= 0.3 is 0 Å². The van der Waals surface area contributed by atoms with Crippen molar-refractivity contribution >= 4 is 11.6 Å². The Kier molecular flexibility index (Phi) is 4.37. The smallest absolute Gasteiger partial charge is 0.0310 e. The lowest BCUT2D eigenvalue weighted by Crippen LogP contribution is -2.15. The Balaban J connectivity index is 2.69. The molecule has 0 saturated carbocycles. The van der Waals surface area contributed by atoms with E-state index in [-0.39, 0.29) is 0 Å². The van der Waals surface area contributed by atoms with Gasteiger partial charge in [-0.2, -0.15) is 0 Å². The van der Waals surface area contributed by atoms with E-state index in [1.807, 2.05) is 0 Å². The molecule has 0 saturated heterocycles. The van der Waals surface area contributed by atoms with Crippen LogP contribution in [0.25, 0.3) is 0 Å². The summed E-state index contributed by atoms with van der Waals surface area (Å²) >= 11 is 5.68. The van der Waals surface area contributed by atoms with Crippen LogP contribution in [-0.2, 0) is 6.54 Å². The molecule has 0 aromatic heterocycles. The first kappa shape index (κ1) is 12.3. The van der Waals surface area contributed by atoms with Gasteiger partial charge in [0.15, 0.2) is 0 Å². The van der Waals surface area contributed by atoms with Gasteiger partial charge in [-0.15, -0.1) is 0 Å². The quantitative estimate of drug-likeness (QED) is 0.825. The number of benzene rings is 1. The van der Waals surface area contributed by atoms with Crippen molar-refractivity contribution in [2.45, 2.75) is 27.3 Å². The van der Waals surface area contributed by atoms with Crippen LogP contribution in [0.2, 0.25) is 0 Å². The third-order valence-corrected chi connectivity index (χ3v) is 2.72. The number of aryl methyl sites for hydroxylation is 3. The van der Waals surface area contributed by atoms with E-state index in [9.17, 15) is 0 Å². The Morgan fingerprint density at radius 2 is 1.80 bits per heavy atom. The number of rotatable bonds is 4. The SMILES string of the molecule is C=C(Cl)CNCc1cc(C)c(C)cc1C. The van der Waals surface area contributed by atoms with Gasteiger partial charge in [0.25, 0.3) is 0 Å². The van der Waals surface area contributed by atoms with Crippen LogP contribution in [-0.4, -0.2) is 6.54 Å². The first-order valence-electron chi connectivity index (χ1n) is 5.11. The summed E-state index contributed by atoms with van der Waals surface area (Å²) < 4.78 is 0. The molecular formula is C13H18ClN. The van der Waals surface area contributed by atoms with Gasteiger partial charge in [0.05, 0.1) is 0 Å². The summed E-state index contributed by atoms with van der Waals surface area (Å²) in [5, 5.41) is 3.91. The monoisotopic (exact) mass is 223 g/mol. The van der Waals surface area contributed by atoms with Gasteiger partial charge in [0.2, 0.25) is 0 Å². The van der Waals surface area contributed by atoms with E-state index >= 15 is 0 Å². The van der Waals surface area contributed by atoms with E-state index in [1.54, 1.807) is 0 Å². The lowest BCUT2D eigenvalue weighted by atomic mass is 10.0. The average molecular weight is 224 g/mol. The van der Waals surface area contributed by atoms with Crippen molar-refractivity contribution in [3.63, 3.8) is 0 Å². The van der Waals surface area contributed by atoms with Gasteiger partial charge in [0, 0.05) is 18.1 Å². The van der Waals surface area contributed by atoms with E-state index in [1.165, 1.54) is 22.3 Å². The lowest BCUT2D eigenvalue weighted by Gasteiger charge is -2.10. The van der Waals surface area contributed by atoms with Crippen molar-refractivity contribution in [2.24, 2.45) is 0 Å². The van der Waals surface area contributed by atoms with Gasteiger partial charge in [-0.3, -0.25) is 0 Å². The average Bonchev–Trinajstić information content (AvgIpc) is 2.13. The molecule has 0 spiro atoms. The third-order valence-electron chi connectivity index (χ3n) is 2.58. The molecule has 0 atom stereocenters. The van der Waals surface area contributed by atoms with E-state index < -0.39 is 0 Å². The summed E-state index contributed by atoms with van der Waals surface area (Å²) in [5.74, 6) is 0. The summed E-state index contributed by atoms with van der Waals surface area (Å²) in [7, 11) is 0. The zero-order valence-corrected chi connectivity index (χ0v) is 10.4. The highest BCUT2D eigenvalue weighted by atomic mass is 35.5. The molecule has 0 aliphatic heterocycles. The molecule has 15 heavy (non-hydrogen) atoms.